The van der Waals surface area contributed by atoms with E-state index in [1.54, 1.807) is 10.9 Å². The Kier molecular flexibility index (Phi) is 3.37. The number of rotatable bonds is 3. The van der Waals surface area contributed by atoms with E-state index in [0.717, 1.165) is 18.5 Å². The number of Topliss-reactive ketones (excluding diaryl/α,β-unsaturated/α-hetero) is 1. The monoisotopic (exact) mass is 257 g/mol. The van der Waals surface area contributed by atoms with Crippen LogP contribution in [0.3, 0.4) is 0 Å². The molecule has 1 saturated heterocycles. The fourth-order valence-electron chi connectivity index (χ4n) is 2.33. The summed E-state index contributed by atoms with van der Waals surface area (Å²) in [5.41, 5.74) is 1.41. The number of benzene rings is 1. The summed E-state index contributed by atoms with van der Waals surface area (Å²) in [4.78, 5) is 12.5. The summed E-state index contributed by atoms with van der Waals surface area (Å²) in [7, 11) is 0. The van der Waals surface area contributed by atoms with Crippen molar-refractivity contribution in [3.05, 3.63) is 42.2 Å². The third kappa shape index (κ3) is 2.42. The maximum absolute atomic E-state index is 12.5. The van der Waals surface area contributed by atoms with Gasteiger partial charge in [0.15, 0.2) is 5.78 Å². The quantitative estimate of drug-likeness (QED) is 0.788. The summed E-state index contributed by atoms with van der Waals surface area (Å²) in [6.07, 6.45) is 3.10. The molecule has 98 valence electrons. The van der Waals surface area contributed by atoms with Crippen LogP contribution in [0.4, 0.5) is 0 Å². The number of nitrogens with zero attached hydrogens (tertiary/aromatic N) is 3. The van der Waals surface area contributed by atoms with Gasteiger partial charge >= 0.3 is 0 Å². The minimum Gasteiger partial charge on any atom is -0.381 e. The highest BCUT2D eigenvalue weighted by Crippen LogP contribution is 2.21. The molecule has 0 unspecified atom stereocenters. The van der Waals surface area contributed by atoms with Crippen molar-refractivity contribution >= 4 is 5.78 Å². The second kappa shape index (κ2) is 5.32. The average Bonchev–Trinajstić information content (AvgIpc) is 2.98. The Bertz CT molecular complexity index is 559. The molecule has 2 heterocycles. The van der Waals surface area contributed by atoms with Crippen LogP contribution >= 0.6 is 0 Å². The van der Waals surface area contributed by atoms with Gasteiger partial charge in [0, 0.05) is 19.1 Å². The van der Waals surface area contributed by atoms with E-state index in [4.69, 9.17) is 4.74 Å². The first-order valence-electron chi connectivity index (χ1n) is 6.44. The van der Waals surface area contributed by atoms with Gasteiger partial charge in [-0.05, 0) is 25.0 Å². The van der Waals surface area contributed by atoms with Crippen LogP contribution in [0.25, 0.3) is 5.69 Å². The highest BCUT2D eigenvalue weighted by molar-refractivity contribution is 5.96. The molecule has 0 radical (unpaired) electrons. The molecule has 0 saturated carbocycles. The van der Waals surface area contributed by atoms with Gasteiger partial charge < -0.3 is 4.74 Å². The molecule has 1 aliphatic heterocycles. The molecule has 0 spiro atoms. The highest BCUT2D eigenvalue weighted by Gasteiger charge is 2.26. The molecule has 19 heavy (non-hydrogen) atoms. The molecule has 1 aromatic heterocycles. The van der Waals surface area contributed by atoms with Crippen molar-refractivity contribution in [3.63, 3.8) is 0 Å². The van der Waals surface area contributed by atoms with Crippen LogP contribution in [0.1, 0.15) is 23.3 Å². The van der Waals surface area contributed by atoms with Gasteiger partial charge in [-0.1, -0.05) is 23.4 Å². The number of hydrogen-bond donors (Lipinski definition) is 0. The highest BCUT2D eigenvalue weighted by atomic mass is 16.5. The van der Waals surface area contributed by atoms with E-state index in [2.05, 4.69) is 10.3 Å². The predicted octanol–water partition coefficient (Wildman–Crippen LogP) is 1.88. The van der Waals surface area contributed by atoms with Gasteiger partial charge in [0.05, 0.1) is 11.9 Å². The molecule has 5 nitrogen and oxygen atoms in total. The zero-order valence-corrected chi connectivity index (χ0v) is 10.5. The van der Waals surface area contributed by atoms with E-state index in [1.165, 1.54) is 0 Å². The fourth-order valence-corrected chi connectivity index (χ4v) is 2.33. The third-order valence-electron chi connectivity index (χ3n) is 3.39. The van der Waals surface area contributed by atoms with Gasteiger partial charge in [-0.25, -0.2) is 4.68 Å². The van der Waals surface area contributed by atoms with Crippen molar-refractivity contribution < 1.29 is 9.53 Å². The Morgan fingerprint density at radius 1 is 1.21 bits per heavy atom. The van der Waals surface area contributed by atoms with Crippen LogP contribution in [-0.2, 0) is 4.74 Å². The summed E-state index contributed by atoms with van der Waals surface area (Å²) in [5.74, 6) is 0.131. The number of hydrogen-bond acceptors (Lipinski definition) is 4. The molecule has 0 amide bonds. The summed E-state index contributed by atoms with van der Waals surface area (Å²) in [6.45, 7) is 1.31. The number of para-hydroxylation sites is 1. The van der Waals surface area contributed by atoms with Crippen molar-refractivity contribution in [1.29, 1.82) is 0 Å². The predicted molar refractivity (Wildman–Crippen MR) is 69.2 cm³/mol. The molecule has 0 N–H and O–H groups in total. The number of aromatic nitrogens is 3. The van der Waals surface area contributed by atoms with Crippen LogP contribution < -0.4 is 0 Å². The average molecular weight is 257 g/mol. The molecule has 1 fully saturated rings. The summed E-state index contributed by atoms with van der Waals surface area (Å²) >= 11 is 0. The van der Waals surface area contributed by atoms with E-state index in [-0.39, 0.29) is 11.7 Å². The molecule has 0 atom stereocenters. The van der Waals surface area contributed by atoms with E-state index >= 15 is 0 Å². The van der Waals surface area contributed by atoms with Crippen LogP contribution in [0.2, 0.25) is 0 Å². The van der Waals surface area contributed by atoms with Crippen molar-refractivity contribution in [2.24, 2.45) is 5.92 Å². The summed E-state index contributed by atoms with van der Waals surface area (Å²) in [5, 5.41) is 7.89. The maximum Gasteiger partial charge on any atom is 0.186 e. The van der Waals surface area contributed by atoms with Crippen molar-refractivity contribution in [2.45, 2.75) is 12.8 Å². The van der Waals surface area contributed by atoms with E-state index < -0.39 is 0 Å². The zero-order chi connectivity index (χ0) is 13.1. The largest absolute Gasteiger partial charge is 0.381 e. The number of ether oxygens (including phenoxy) is 1. The topological polar surface area (TPSA) is 57.0 Å². The number of carbonyl (C=O) groups excluding carboxylic acids is 1. The Labute approximate surface area is 111 Å². The second-order valence-corrected chi connectivity index (χ2v) is 4.62. The van der Waals surface area contributed by atoms with Crippen molar-refractivity contribution in [1.82, 2.24) is 15.0 Å². The molecule has 0 aliphatic carbocycles. The molecule has 2 aromatic rings. The minimum absolute atomic E-state index is 0.0229. The molecule has 5 heteroatoms. The third-order valence-corrected chi connectivity index (χ3v) is 3.39. The fraction of sp³-hybridized carbons (Fsp3) is 0.357. The summed E-state index contributed by atoms with van der Waals surface area (Å²) in [6, 6.07) is 9.59. The normalized spacial score (nSPS) is 16.4. The first-order chi connectivity index (χ1) is 9.36. The first kappa shape index (κ1) is 12.0. The van der Waals surface area contributed by atoms with Gasteiger partial charge in [-0.15, -0.1) is 5.10 Å². The molecule has 1 aliphatic rings. The zero-order valence-electron chi connectivity index (χ0n) is 10.5. The molecule has 1 aromatic carbocycles. The van der Waals surface area contributed by atoms with Gasteiger partial charge in [-0.3, -0.25) is 4.79 Å². The second-order valence-electron chi connectivity index (χ2n) is 4.62. The Morgan fingerprint density at radius 3 is 2.68 bits per heavy atom. The number of carbonyl (C=O) groups is 1. The standard InChI is InChI=1S/C14H15N3O2/c18-14(11-6-8-19-9-7-11)13-10-15-16-17(13)12-4-2-1-3-5-12/h1-5,10-11H,6-9H2. The van der Waals surface area contributed by atoms with E-state index in [0.29, 0.717) is 18.9 Å². The Morgan fingerprint density at radius 2 is 1.95 bits per heavy atom. The van der Waals surface area contributed by atoms with E-state index in [9.17, 15) is 4.79 Å². The molecular formula is C14H15N3O2. The van der Waals surface area contributed by atoms with Crippen molar-refractivity contribution in [2.75, 3.05) is 13.2 Å². The molecular weight excluding hydrogens is 242 g/mol. The van der Waals surface area contributed by atoms with Gasteiger partial charge in [0.2, 0.25) is 0 Å². The lowest BCUT2D eigenvalue weighted by Crippen LogP contribution is -2.25. The number of ketones is 1. The van der Waals surface area contributed by atoms with E-state index in [1.807, 2.05) is 30.3 Å². The van der Waals surface area contributed by atoms with Crippen LogP contribution in [0, 0.1) is 5.92 Å². The molecule has 3 rings (SSSR count). The van der Waals surface area contributed by atoms with Gasteiger partial charge in [0.25, 0.3) is 0 Å². The van der Waals surface area contributed by atoms with Crippen LogP contribution in [-0.4, -0.2) is 34.0 Å². The van der Waals surface area contributed by atoms with Crippen LogP contribution in [0.5, 0.6) is 0 Å². The van der Waals surface area contributed by atoms with Gasteiger partial charge in [-0.2, -0.15) is 0 Å². The molecule has 0 bridgehead atoms. The first-order valence-corrected chi connectivity index (χ1v) is 6.44. The van der Waals surface area contributed by atoms with Crippen molar-refractivity contribution in [3.8, 4) is 5.69 Å². The maximum atomic E-state index is 12.5. The smallest absolute Gasteiger partial charge is 0.186 e. The van der Waals surface area contributed by atoms with Crippen LogP contribution in [0.15, 0.2) is 36.5 Å². The summed E-state index contributed by atoms with van der Waals surface area (Å²) < 4.78 is 6.90. The lowest BCUT2D eigenvalue weighted by atomic mass is 9.94. The van der Waals surface area contributed by atoms with Gasteiger partial charge in [0.1, 0.15) is 5.69 Å². The Hall–Kier alpha value is -2.01. The minimum atomic E-state index is 0.0229. The SMILES string of the molecule is O=C(c1cnnn1-c1ccccc1)C1CCOCC1. The lowest BCUT2D eigenvalue weighted by Gasteiger charge is -2.20. The Balaban J connectivity index is 1.89. The lowest BCUT2D eigenvalue weighted by molar-refractivity contribution is 0.0540.